The van der Waals surface area contributed by atoms with Crippen LogP contribution in [0.25, 0.3) is 16.9 Å². The summed E-state index contributed by atoms with van der Waals surface area (Å²) in [5, 5.41) is 59.3. The lowest BCUT2D eigenvalue weighted by atomic mass is 9.89. The average molecular weight is 1550 g/mol. The van der Waals surface area contributed by atoms with Gasteiger partial charge in [-0.25, -0.2) is 37.7 Å². The molecule has 3 unspecified atom stereocenters. The number of aliphatic hydroxyl groups excluding tert-OH is 3. The maximum Gasteiger partial charge on any atom is 0.415 e. The molecular weight excluding hydrogens is 1460 g/mol. The minimum Gasteiger partial charge on any atom is -0.443 e. The van der Waals surface area contributed by atoms with Crippen LogP contribution in [0.5, 0.6) is 0 Å². The summed E-state index contributed by atoms with van der Waals surface area (Å²) in [6.45, 7) is 10.5. The van der Waals surface area contributed by atoms with E-state index in [1.165, 1.54) is 94.1 Å². The molecule has 110 heavy (non-hydrogen) atoms. The molecule has 0 radical (unpaired) electrons. The van der Waals surface area contributed by atoms with Crippen LogP contribution in [0.2, 0.25) is 5.15 Å². The second-order valence-electron chi connectivity index (χ2n) is 29.0. The van der Waals surface area contributed by atoms with Gasteiger partial charge in [-0.05, 0) is 116 Å². The predicted octanol–water partition coefficient (Wildman–Crippen LogP) is 7.75. The number of fused-ring (bicyclic) bond motifs is 3. The third kappa shape index (κ3) is 17.9. The summed E-state index contributed by atoms with van der Waals surface area (Å²) in [6, 6.07) is 12.1. The molecule has 11 N–H and O–H groups in total. The maximum absolute atomic E-state index is 13.6. The van der Waals surface area contributed by atoms with E-state index in [9.17, 15) is 66.8 Å². The lowest BCUT2D eigenvalue weighted by molar-refractivity contribution is 0.0448. The van der Waals surface area contributed by atoms with Crippen molar-refractivity contribution in [3.8, 4) is 0 Å². The van der Waals surface area contributed by atoms with E-state index >= 15 is 0 Å². The van der Waals surface area contributed by atoms with Crippen LogP contribution in [-0.4, -0.2) is 190 Å². The summed E-state index contributed by atoms with van der Waals surface area (Å²) in [5.74, 6) is 0.297. The van der Waals surface area contributed by atoms with Crippen LogP contribution in [0.4, 0.5) is 68.9 Å². The number of rotatable bonds is 16. The number of pyridine rings is 3. The number of amides is 5. The first-order valence-corrected chi connectivity index (χ1v) is 35.3. The summed E-state index contributed by atoms with van der Waals surface area (Å²) in [7, 11) is 4.71. The van der Waals surface area contributed by atoms with Gasteiger partial charge in [0.25, 0.3) is 34.4 Å². The molecule has 9 heterocycles. The molecule has 9 aromatic rings. The van der Waals surface area contributed by atoms with Gasteiger partial charge >= 0.3 is 12.2 Å². The molecule has 5 amide bonds. The van der Waals surface area contributed by atoms with Gasteiger partial charge in [-0.1, -0.05) is 26.5 Å². The van der Waals surface area contributed by atoms with Crippen LogP contribution in [0, 0.1) is 0 Å². The lowest BCUT2D eigenvalue weighted by Crippen LogP contribution is -2.50. The standard InChI is InChI=1S/C25H30FN7O5.C20H22FN7O3.C17H22ClN5O4.C8H9FN2O.2CH4/c1-25(2,3)38-24(37)31(4)20-11-19(28-16-6-5-9-32(23(16)36)17-10-14(17)26)30-21-13(12-27-33(20)21)22(35)29-15-7-8-18(15)34;1-22-17-8-16(24-13-3-2-6-27(20(13)31)14-7-11(14)21)26-18-10(9-23-28(17)18)19(30)25-12-4-5-15(12)29;1-17(2,3)27-16(26)22(4)13-7-12(18)21-14-9(8-19-23(13)14)15(25)20-10-5-6-11(10)24;9-5-4-7(5)11-3-1-2-6(10)8(11)12;;/h5-6,9,11-12,14-15,17-18,34H,7-8,10H2,1-4H3,(H,28,30)(H,29,35);2-3,6,8-9,11-12,14-15,22,29H,4-5,7H2,1H3,(H,24,26)(H,25,30);7-8,10-11,24H,5-6H2,1-4H3,(H,20,25);1-3,5,7H,4,10H2;2*1H4/t14-,15?,17-,18+;11-,12?,14-,15+;10?,11-;5-,7-;;/m0010../s1. The molecule has 15 rings (SSSR count). The first-order valence-electron chi connectivity index (χ1n) is 34.9. The van der Waals surface area contributed by atoms with Gasteiger partial charge in [-0.2, -0.15) is 28.8 Å². The number of anilines is 8. The summed E-state index contributed by atoms with van der Waals surface area (Å²) in [6.07, 6.45) is 7.94. The van der Waals surface area contributed by atoms with Crippen molar-refractivity contribution in [2.75, 3.05) is 52.6 Å². The van der Waals surface area contributed by atoms with Gasteiger partial charge in [-0.15, -0.1) is 0 Å². The van der Waals surface area contributed by atoms with Crippen molar-refractivity contribution < 1.29 is 61.9 Å². The normalized spacial score (nSPS) is 22.4. The zero-order chi connectivity index (χ0) is 77.7. The number of nitrogens with zero attached hydrogens (tertiary/aromatic N) is 14. The highest BCUT2D eigenvalue weighted by atomic mass is 35.5. The number of hydrogen-bond donors (Lipinski definition) is 10. The van der Waals surface area contributed by atoms with E-state index in [0.717, 1.165) is 6.42 Å². The van der Waals surface area contributed by atoms with Crippen molar-refractivity contribution in [2.24, 2.45) is 0 Å². The fourth-order valence-electron chi connectivity index (χ4n) is 11.7. The topological polar surface area (TPSA) is 426 Å². The molecule has 6 aliphatic rings. The SMILES string of the molecule is C.C.CN(C(=O)OC(C)(C)C)c1cc(Cl)nc2c(C(=O)NC3CC[C@H]3O)cnn12.CN(C(=O)OC(C)(C)C)c1cc(Nc2cccn([C@H]3C[C@@H]3F)c2=O)nc2c(C(=O)NC3CC[C@H]3O)cnn12.CNc1cc(Nc2cccn([C@H]3C[C@@H]3F)c2=O)nc2c(C(=O)NC3CC[C@H]3O)cnn12.Nc1cccn([C@H]2C[C@@H]2F)c1=O. The first kappa shape index (κ1) is 81.3. The molecule has 6 aliphatic carbocycles. The fourth-order valence-corrected chi connectivity index (χ4v) is 11.9. The number of nitrogen functional groups attached to an aromatic ring is 1. The van der Waals surface area contributed by atoms with E-state index in [1.54, 1.807) is 97.4 Å². The minimum atomic E-state index is -1.06. The van der Waals surface area contributed by atoms with E-state index in [2.05, 4.69) is 62.1 Å². The Bertz CT molecular complexity index is 5130. The van der Waals surface area contributed by atoms with Crippen LogP contribution < -0.4 is 64.1 Å². The zero-order valence-electron chi connectivity index (χ0n) is 60.2. The van der Waals surface area contributed by atoms with E-state index in [0.29, 0.717) is 68.0 Å². The summed E-state index contributed by atoms with van der Waals surface area (Å²) in [4.78, 5) is 116. The number of halogens is 4. The Kier molecular flexibility index (Phi) is 24.1. The van der Waals surface area contributed by atoms with Crippen molar-refractivity contribution in [3.63, 3.8) is 0 Å². The van der Waals surface area contributed by atoms with Gasteiger partial charge < -0.3 is 76.1 Å². The number of carbonyl (C=O) groups is 5. The molecule has 0 spiro atoms. The third-order valence-corrected chi connectivity index (χ3v) is 18.8. The van der Waals surface area contributed by atoms with Crippen LogP contribution in [0.15, 0.2) is 106 Å². The lowest BCUT2D eigenvalue weighted by Gasteiger charge is -2.32. The first-order chi connectivity index (χ1) is 51.1. The van der Waals surface area contributed by atoms with Crippen molar-refractivity contribution in [1.82, 2.24) is 73.4 Å². The van der Waals surface area contributed by atoms with Crippen molar-refractivity contribution in [2.45, 2.75) is 198 Å². The number of nitrogens with two attached hydrogens (primary N) is 1. The minimum absolute atomic E-state index is 0. The number of aromatic nitrogens is 12. The van der Waals surface area contributed by atoms with Gasteiger partial charge in [0.2, 0.25) is 0 Å². The van der Waals surface area contributed by atoms with Crippen molar-refractivity contribution in [3.05, 3.63) is 145 Å². The Labute approximate surface area is 633 Å². The van der Waals surface area contributed by atoms with Crippen LogP contribution in [-0.2, 0) is 9.47 Å². The van der Waals surface area contributed by atoms with Crippen molar-refractivity contribution in [1.29, 1.82) is 0 Å². The van der Waals surface area contributed by atoms with Gasteiger partial charge in [-0.3, -0.25) is 38.6 Å². The Morgan fingerprint density at radius 1 is 0.536 bits per heavy atom. The molecule has 34 nitrogen and oxygen atoms in total. The van der Waals surface area contributed by atoms with Gasteiger partial charge in [0.1, 0.15) is 92.0 Å². The molecule has 12 atom stereocenters. The summed E-state index contributed by atoms with van der Waals surface area (Å²) < 4.78 is 58.7. The average Bonchev–Trinajstić information content (AvgIpc) is 1.63. The molecule has 9 aromatic heterocycles. The van der Waals surface area contributed by atoms with Crippen LogP contribution >= 0.6 is 11.6 Å². The third-order valence-electron chi connectivity index (χ3n) is 18.6. The smallest absolute Gasteiger partial charge is 0.415 e. The molecule has 0 bridgehead atoms. The Morgan fingerprint density at radius 3 is 1.24 bits per heavy atom. The maximum atomic E-state index is 13.6. The summed E-state index contributed by atoms with van der Waals surface area (Å²) >= 11 is 6.10. The molecule has 6 saturated carbocycles. The van der Waals surface area contributed by atoms with Crippen molar-refractivity contribution >= 4 is 105 Å². The van der Waals surface area contributed by atoms with Crippen LogP contribution in [0.3, 0.4) is 0 Å². The Morgan fingerprint density at radius 2 is 0.882 bits per heavy atom. The van der Waals surface area contributed by atoms with E-state index in [4.69, 9.17) is 26.8 Å². The largest absolute Gasteiger partial charge is 0.443 e. The number of carbonyl (C=O) groups excluding carboxylic acids is 5. The number of nitrogens with one attached hydrogen (secondary N) is 6. The number of aliphatic hydroxyl groups is 3. The molecule has 6 fully saturated rings. The van der Waals surface area contributed by atoms with Gasteiger partial charge in [0, 0.05) is 77.2 Å². The number of ether oxygens (including phenoxy) is 2. The second kappa shape index (κ2) is 32.6. The molecule has 0 aliphatic heterocycles. The van der Waals surface area contributed by atoms with Crippen LogP contribution in [0.1, 0.15) is 163 Å². The summed E-state index contributed by atoms with van der Waals surface area (Å²) in [5.41, 5.74) is 4.67. The molecule has 0 aromatic carbocycles. The number of alkyl halides is 3. The quantitative estimate of drug-likeness (QED) is 0.0413. The molecule has 38 heteroatoms. The zero-order valence-corrected chi connectivity index (χ0v) is 61.0. The molecular formula is C72H91ClF3N21O13. The monoisotopic (exact) mass is 1550 g/mol. The fraction of sp³-hybridized carbons (Fsp3) is 0.472. The van der Waals surface area contributed by atoms with E-state index < -0.39 is 89.7 Å². The number of hydrogen-bond acceptors (Lipinski definition) is 23. The highest BCUT2D eigenvalue weighted by molar-refractivity contribution is 6.30. The molecule has 590 valence electrons. The second-order valence-corrected chi connectivity index (χ2v) is 29.4. The van der Waals surface area contributed by atoms with Gasteiger partial charge in [0.05, 0.1) is 78.8 Å². The molecule has 0 saturated heterocycles. The van der Waals surface area contributed by atoms with E-state index in [1.807, 2.05) is 0 Å². The predicted molar refractivity (Wildman–Crippen MR) is 404 cm³/mol. The Hall–Kier alpha value is -11.2. The highest BCUT2D eigenvalue weighted by Crippen LogP contribution is 2.40. The van der Waals surface area contributed by atoms with Gasteiger partial charge in [0.15, 0.2) is 16.9 Å². The highest BCUT2D eigenvalue weighted by Gasteiger charge is 2.43. The van der Waals surface area contributed by atoms with E-state index in [-0.39, 0.29) is 124 Å². The Balaban J connectivity index is 0.000000163.